The van der Waals surface area contributed by atoms with Crippen molar-refractivity contribution in [1.29, 1.82) is 0 Å². The molecular formula is C24H49N. The molecule has 0 N–H and O–H groups in total. The van der Waals surface area contributed by atoms with Crippen molar-refractivity contribution in [3.8, 4) is 0 Å². The minimum Gasteiger partial charge on any atom is -0.298 e. The molecule has 0 aromatic carbocycles. The minimum atomic E-state index is 0.330. The van der Waals surface area contributed by atoms with Crippen LogP contribution in [0.3, 0.4) is 0 Å². The Bertz CT molecular complexity index is 412. The fourth-order valence-electron chi connectivity index (χ4n) is 4.52. The zero-order valence-electron chi connectivity index (χ0n) is 19.7. The second-order valence-corrected chi connectivity index (χ2v) is 12.5. The fourth-order valence-corrected chi connectivity index (χ4v) is 4.52. The van der Waals surface area contributed by atoms with E-state index in [0.717, 1.165) is 17.8 Å². The Balaban J connectivity index is 2.65. The first kappa shape index (κ1) is 23.0. The van der Waals surface area contributed by atoms with Crippen molar-refractivity contribution in [2.24, 2.45) is 34.0 Å². The molecular weight excluding hydrogens is 302 g/mol. The Morgan fingerprint density at radius 3 is 1.64 bits per heavy atom. The van der Waals surface area contributed by atoms with Crippen LogP contribution in [-0.4, -0.2) is 23.5 Å². The van der Waals surface area contributed by atoms with Gasteiger partial charge in [-0.3, -0.25) is 4.90 Å². The van der Waals surface area contributed by atoms with Gasteiger partial charge in [0.05, 0.1) is 0 Å². The van der Waals surface area contributed by atoms with E-state index in [0.29, 0.717) is 21.8 Å². The summed E-state index contributed by atoms with van der Waals surface area (Å²) >= 11 is 0. The number of nitrogens with zero attached hydrogens (tertiary/aromatic N) is 1. The Kier molecular flexibility index (Phi) is 6.93. The Hall–Kier alpha value is -0.0400. The quantitative estimate of drug-likeness (QED) is 0.466. The van der Waals surface area contributed by atoms with Crippen molar-refractivity contribution in [3.63, 3.8) is 0 Å². The van der Waals surface area contributed by atoms with Gasteiger partial charge >= 0.3 is 0 Å². The first-order valence-electron chi connectivity index (χ1n) is 10.8. The van der Waals surface area contributed by atoms with Crippen LogP contribution in [-0.2, 0) is 0 Å². The lowest BCUT2D eigenvalue weighted by molar-refractivity contribution is -0.0708. The Morgan fingerprint density at radius 1 is 0.800 bits per heavy atom. The summed E-state index contributed by atoms with van der Waals surface area (Å²) in [5, 5.41) is 0. The van der Waals surface area contributed by atoms with E-state index < -0.39 is 0 Å². The molecule has 0 amide bonds. The van der Waals surface area contributed by atoms with Crippen molar-refractivity contribution >= 4 is 0 Å². The van der Waals surface area contributed by atoms with Gasteiger partial charge in [-0.05, 0) is 60.7 Å². The Morgan fingerprint density at radius 2 is 1.28 bits per heavy atom. The van der Waals surface area contributed by atoms with Gasteiger partial charge in [0, 0.05) is 18.6 Å². The zero-order valence-corrected chi connectivity index (χ0v) is 19.7. The normalized spacial score (nSPS) is 21.1. The lowest BCUT2D eigenvalue weighted by Crippen LogP contribution is -2.61. The summed E-state index contributed by atoms with van der Waals surface area (Å²) in [6.45, 7) is 31.7. The summed E-state index contributed by atoms with van der Waals surface area (Å²) in [5.41, 5.74) is 1.61. The van der Waals surface area contributed by atoms with Crippen molar-refractivity contribution in [2.75, 3.05) is 13.1 Å². The molecule has 1 nitrogen and oxygen atoms in total. The molecule has 0 aromatic heterocycles. The summed E-state index contributed by atoms with van der Waals surface area (Å²) < 4.78 is 0. The van der Waals surface area contributed by atoms with Gasteiger partial charge in [-0.1, -0.05) is 75.7 Å². The highest BCUT2D eigenvalue weighted by Crippen LogP contribution is 2.46. The minimum absolute atomic E-state index is 0.330. The van der Waals surface area contributed by atoms with Gasteiger partial charge in [-0.2, -0.15) is 0 Å². The van der Waals surface area contributed by atoms with Gasteiger partial charge < -0.3 is 0 Å². The number of rotatable bonds is 7. The van der Waals surface area contributed by atoms with Crippen LogP contribution in [0.4, 0.5) is 0 Å². The van der Waals surface area contributed by atoms with Gasteiger partial charge in [0.25, 0.3) is 0 Å². The molecule has 1 heterocycles. The maximum atomic E-state index is 2.76. The third-order valence-electron chi connectivity index (χ3n) is 7.62. The molecule has 1 fully saturated rings. The first-order valence-corrected chi connectivity index (χ1v) is 10.8. The van der Waals surface area contributed by atoms with E-state index in [9.17, 15) is 0 Å². The van der Waals surface area contributed by atoms with Crippen LogP contribution in [0.1, 0.15) is 102 Å². The van der Waals surface area contributed by atoms with E-state index in [4.69, 9.17) is 0 Å². The molecule has 1 heteroatoms. The third-order valence-corrected chi connectivity index (χ3v) is 7.62. The summed E-state index contributed by atoms with van der Waals surface area (Å²) in [7, 11) is 0. The first-order chi connectivity index (χ1) is 11.0. The zero-order chi connectivity index (χ0) is 19.8. The van der Waals surface area contributed by atoms with Gasteiger partial charge in [-0.15, -0.1) is 0 Å². The smallest absolute Gasteiger partial charge is 0.0156 e. The van der Waals surface area contributed by atoms with Crippen LogP contribution in [0.2, 0.25) is 0 Å². The standard InChI is InChI=1S/C24H49N/c1-13-19(22(6,7)8)15-24(11,12)25-16-20(17-25)23(9,10)14-18(2)21(3,4)5/h18-20H,13-17H2,1-12H3. The van der Waals surface area contributed by atoms with E-state index in [-0.39, 0.29) is 0 Å². The van der Waals surface area contributed by atoms with Gasteiger partial charge in [0.1, 0.15) is 0 Å². The fraction of sp³-hybridized carbons (Fsp3) is 1.00. The summed E-state index contributed by atoms with van der Waals surface area (Å²) in [5.74, 6) is 2.43. The number of hydrogen-bond donors (Lipinski definition) is 0. The monoisotopic (exact) mass is 351 g/mol. The van der Waals surface area contributed by atoms with Crippen molar-refractivity contribution in [2.45, 2.75) is 108 Å². The molecule has 150 valence electrons. The maximum absolute atomic E-state index is 2.76. The predicted octanol–water partition coefficient (Wildman–Crippen LogP) is 7.26. The molecule has 0 aliphatic carbocycles. The predicted molar refractivity (Wildman–Crippen MR) is 114 cm³/mol. The number of likely N-dealkylation sites (tertiary alicyclic amines) is 1. The van der Waals surface area contributed by atoms with Crippen molar-refractivity contribution in [1.82, 2.24) is 4.90 Å². The lowest BCUT2D eigenvalue weighted by atomic mass is 9.64. The molecule has 2 unspecified atom stereocenters. The maximum Gasteiger partial charge on any atom is 0.0156 e. The molecule has 1 saturated heterocycles. The molecule has 2 atom stereocenters. The van der Waals surface area contributed by atoms with Crippen LogP contribution in [0.5, 0.6) is 0 Å². The highest BCUT2D eigenvalue weighted by Gasteiger charge is 2.46. The van der Waals surface area contributed by atoms with Gasteiger partial charge in [0.15, 0.2) is 0 Å². The van der Waals surface area contributed by atoms with E-state index in [1.54, 1.807) is 0 Å². The third kappa shape index (κ3) is 5.98. The molecule has 0 saturated carbocycles. The summed E-state index contributed by atoms with van der Waals surface area (Å²) in [6, 6.07) is 0. The van der Waals surface area contributed by atoms with Crippen LogP contribution >= 0.6 is 0 Å². The van der Waals surface area contributed by atoms with E-state index in [1.165, 1.54) is 32.4 Å². The average Bonchev–Trinajstić information content (AvgIpc) is 2.29. The highest BCUT2D eigenvalue weighted by atomic mass is 15.2. The van der Waals surface area contributed by atoms with E-state index >= 15 is 0 Å². The molecule has 1 aliphatic rings. The van der Waals surface area contributed by atoms with E-state index in [2.05, 4.69) is 88.0 Å². The molecule has 1 rings (SSSR count). The Labute approximate surface area is 160 Å². The highest BCUT2D eigenvalue weighted by molar-refractivity contribution is 4.99. The van der Waals surface area contributed by atoms with Crippen LogP contribution < -0.4 is 0 Å². The second-order valence-electron chi connectivity index (χ2n) is 12.5. The van der Waals surface area contributed by atoms with Crippen molar-refractivity contribution < 1.29 is 0 Å². The summed E-state index contributed by atoms with van der Waals surface area (Å²) in [6.07, 6.45) is 3.95. The topological polar surface area (TPSA) is 3.24 Å². The van der Waals surface area contributed by atoms with Crippen molar-refractivity contribution in [3.05, 3.63) is 0 Å². The molecule has 25 heavy (non-hydrogen) atoms. The lowest BCUT2D eigenvalue weighted by Gasteiger charge is -2.56. The van der Waals surface area contributed by atoms with Crippen LogP contribution in [0, 0.1) is 34.0 Å². The van der Waals surface area contributed by atoms with Crippen LogP contribution in [0.25, 0.3) is 0 Å². The van der Waals surface area contributed by atoms with Crippen LogP contribution in [0.15, 0.2) is 0 Å². The molecule has 0 radical (unpaired) electrons. The molecule has 0 spiro atoms. The largest absolute Gasteiger partial charge is 0.298 e. The number of hydrogen-bond acceptors (Lipinski definition) is 1. The molecule has 0 aromatic rings. The second kappa shape index (κ2) is 7.53. The molecule has 0 bridgehead atoms. The SMILES string of the molecule is CCC(CC(C)(C)N1CC(C(C)(C)CC(C)C(C)(C)C)C1)C(C)(C)C. The van der Waals surface area contributed by atoms with Gasteiger partial charge in [-0.25, -0.2) is 0 Å². The molecule has 1 aliphatic heterocycles. The van der Waals surface area contributed by atoms with E-state index in [1.807, 2.05) is 0 Å². The average molecular weight is 352 g/mol. The van der Waals surface area contributed by atoms with Gasteiger partial charge in [0.2, 0.25) is 0 Å². The summed E-state index contributed by atoms with van der Waals surface area (Å²) in [4.78, 5) is 2.76.